The van der Waals surface area contributed by atoms with Crippen LogP contribution in [0, 0.1) is 11.8 Å². The summed E-state index contributed by atoms with van der Waals surface area (Å²) < 4.78 is 1.82. The first-order valence-electron chi connectivity index (χ1n) is 11.3. The second-order valence-corrected chi connectivity index (χ2v) is 8.89. The quantitative estimate of drug-likeness (QED) is 0.798. The number of pyridine rings is 1. The maximum Gasteiger partial charge on any atom is 0.258 e. The van der Waals surface area contributed by atoms with E-state index in [0.717, 1.165) is 37.2 Å². The van der Waals surface area contributed by atoms with Crippen LogP contribution in [0.25, 0.3) is 12.2 Å². The topological polar surface area (TPSA) is 74.6 Å². The number of hydrogen-bond acceptors (Lipinski definition) is 4. The lowest BCUT2D eigenvalue weighted by molar-refractivity contribution is -0.135. The molecule has 1 aromatic heterocycles. The summed E-state index contributed by atoms with van der Waals surface area (Å²) in [5.74, 6) is -0.0312. The molecule has 0 spiro atoms. The normalized spacial score (nSPS) is 27.5. The molecule has 3 aliphatic rings. The third kappa shape index (κ3) is 3.64. The maximum absolute atomic E-state index is 13.1. The Bertz CT molecular complexity index is 1040. The summed E-state index contributed by atoms with van der Waals surface area (Å²) in [5, 5.41) is 13.6. The maximum atomic E-state index is 13.1. The average molecular weight is 420 g/mol. The third-order valence-corrected chi connectivity index (χ3v) is 7.11. The number of nitrogens with one attached hydrogen (secondary N) is 1. The molecule has 162 valence electrons. The SMILES string of the molecule is O=C([C@H]1N[C@H]2c3ccc(/C=C/c4ccccc4)c(=O)n3C[C@H]2[C@@H]1CO)N1CCCCC1. The van der Waals surface area contributed by atoms with E-state index in [-0.39, 0.29) is 42.0 Å². The number of rotatable bonds is 4. The molecule has 6 heteroatoms. The van der Waals surface area contributed by atoms with Crippen molar-refractivity contribution in [3.8, 4) is 0 Å². The zero-order chi connectivity index (χ0) is 21.4. The second kappa shape index (κ2) is 8.44. The van der Waals surface area contributed by atoms with Crippen molar-refractivity contribution >= 4 is 18.1 Å². The molecule has 0 unspecified atom stereocenters. The Kier molecular flexibility index (Phi) is 5.50. The molecule has 31 heavy (non-hydrogen) atoms. The fourth-order valence-corrected chi connectivity index (χ4v) is 5.44. The Morgan fingerprint density at radius 1 is 1.06 bits per heavy atom. The van der Waals surface area contributed by atoms with Crippen LogP contribution in [0.3, 0.4) is 0 Å². The number of piperidine rings is 1. The smallest absolute Gasteiger partial charge is 0.258 e. The van der Waals surface area contributed by atoms with E-state index in [2.05, 4.69) is 5.32 Å². The van der Waals surface area contributed by atoms with E-state index in [1.807, 2.05) is 64.1 Å². The summed E-state index contributed by atoms with van der Waals surface area (Å²) >= 11 is 0. The molecule has 2 aromatic rings. The first kappa shape index (κ1) is 20.2. The molecule has 4 atom stereocenters. The van der Waals surface area contributed by atoms with Crippen LogP contribution in [0.5, 0.6) is 0 Å². The van der Waals surface area contributed by atoms with Crippen LogP contribution in [0.15, 0.2) is 47.3 Å². The summed E-state index contributed by atoms with van der Waals surface area (Å²) in [6.07, 6.45) is 7.08. The van der Waals surface area contributed by atoms with E-state index >= 15 is 0 Å². The number of fused-ring (bicyclic) bond motifs is 3. The molecule has 0 saturated carbocycles. The predicted molar refractivity (Wildman–Crippen MR) is 120 cm³/mol. The van der Waals surface area contributed by atoms with Crippen molar-refractivity contribution in [3.05, 3.63) is 69.6 Å². The van der Waals surface area contributed by atoms with Crippen molar-refractivity contribution in [1.82, 2.24) is 14.8 Å². The molecule has 1 amide bonds. The summed E-state index contributed by atoms with van der Waals surface area (Å²) in [6.45, 7) is 2.09. The highest BCUT2D eigenvalue weighted by Crippen LogP contribution is 2.43. The van der Waals surface area contributed by atoms with Gasteiger partial charge in [0.1, 0.15) is 0 Å². The molecule has 0 radical (unpaired) electrons. The highest BCUT2D eigenvalue weighted by atomic mass is 16.3. The molecule has 2 N–H and O–H groups in total. The molecule has 5 rings (SSSR count). The predicted octanol–water partition coefficient (Wildman–Crippen LogP) is 2.28. The van der Waals surface area contributed by atoms with Gasteiger partial charge in [0.25, 0.3) is 5.56 Å². The van der Waals surface area contributed by atoms with Crippen LogP contribution in [0.1, 0.15) is 42.1 Å². The lowest BCUT2D eigenvalue weighted by Gasteiger charge is -2.31. The minimum atomic E-state index is -0.375. The van der Waals surface area contributed by atoms with Crippen LogP contribution in [-0.4, -0.2) is 46.2 Å². The van der Waals surface area contributed by atoms with Crippen molar-refractivity contribution in [2.75, 3.05) is 19.7 Å². The van der Waals surface area contributed by atoms with Crippen molar-refractivity contribution < 1.29 is 9.90 Å². The Hall–Kier alpha value is -2.70. The van der Waals surface area contributed by atoms with E-state index in [1.165, 1.54) is 6.42 Å². The molecule has 4 heterocycles. The number of nitrogens with zero attached hydrogens (tertiary/aromatic N) is 2. The minimum Gasteiger partial charge on any atom is -0.396 e. The van der Waals surface area contributed by atoms with Crippen LogP contribution in [-0.2, 0) is 11.3 Å². The van der Waals surface area contributed by atoms with Gasteiger partial charge in [0.15, 0.2) is 0 Å². The lowest BCUT2D eigenvalue weighted by Crippen LogP contribution is -2.49. The summed E-state index contributed by atoms with van der Waals surface area (Å²) in [5.41, 5.74) is 2.59. The number of carbonyl (C=O) groups is 1. The number of aliphatic hydroxyl groups excluding tert-OH is 1. The van der Waals surface area contributed by atoms with Crippen molar-refractivity contribution in [2.45, 2.75) is 37.9 Å². The van der Waals surface area contributed by atoms with Gasteiger partial charge >= 0.3 is 0 Å². The fraction of sp³-hybridized carbons (Fsp3) is 0.440. The Morgan fingerprint density at radius 2 is 1.84 bits per heavy atom. The van der Waals surface area contributed by atoms with Crippen LogP contribution in [0.4, 0.5) is 0 Å². The fourth-order valence-electron chi connectivity index (χ4n) is 5.44. The van der Waals surface area contributed by atoms with Crippen molar-refractivity contribution in [3.63, 3.8) is 0 Å². The number of likely N-dealkylation sites (tertiary alicyclic amines) is 1. The van der Waals surface area contributed by atoms with Gasteiger partial charge < -0.3 is 14.6 Å². The minimum absolute atomic E-state index is 0.0172. The molecule has 0 bridgehead atoms. The zero-order valence-electron chi connectivity index (χ0n) is 17.6. The Labute approximate surface area is 182 Å². The lowest BCUT2D eigenvalue weighted by atomic mass is 9.88. The first-order valence-corrected chi connectivity index (χ1v) is 11.3. The number of benzene rings is 1. The second-order valence-electron chi connectivity index (χ2n) is 8.89. The summed E-state index contributed by atoms with van der Waals surface area (Å²) in [7, 11) is 0. The molecule has 1 aromatic carbocycles. The molecule has 2 saturated heterocycles. The molecular formula is C25H29N3O3. The molecule has 2 fully saturated rings. The van der Waals surface area contributed by atoms with Gasteiger partial charge in [-0.25, -0.2) is 0 Å². The van der Waals surface area contributed by atoms with Crippen LogP contribution < -0.4 is 10.9 Å². The number of aromatic nitrogens is 1. The van der Waals surface area contributed by atoms with E-state index in [9.17, 15) is 14.7 Å². The van der Waals surface area contributed by atoms with Gasteiger partial charge in [-0.05, 0) is 43.0 Å². The van der Waals surface area contributed by atoms with Crippen LogP contribution in [0.2, 0.25) is 0 Å². The highest BCUT2D eigenvalue weighted by Gasteiger charge is 2.51. The van der Waals surface area contributed by atoms with Gasteiger partial charge in [0.2, 0.25) is 5.91 Å². The number of hydrogen-bond donors (Lipinski definition) is 2. The van der Waals surface area contributed by atoms with E-state index in [4.69, 9.17) is 0 Å². The number of aliphatic hydroxyl groups is 1. The monoisotopic (exact) mass is 419 g/mol. The average Bonchev–Trinajstić information content (AvgIpc) is 3.36. The molecule has 0 aliphatic carbocycles. The van der Waals surface area contributed by atoms with E-state index in [1.54, 1.807) is 0 Å². The molecule has 3 aliphatic heterocycles. The Morgan fingerprint density at radius 3 is 2.58 bits per heavy atom. The number of carbonyl (C=O) groups excluding carboxylic acids is 1. The summed E-state index contributed by atoms with van der Waals surface area (Å²) in [6, 6.07) is 13.3. The van der Waals surface area contributed by atoms with E-state index < -0.39 is 0 Å². The van der Waals surface area contributed by atoms with Gasteiger partial charge in [0.05, 0.1) is 12.1 Å². The summed E-state index contributed by atoms with van der Waals surface area (Å²) in [4.78, 5) is 28.2. The highest BCUT2D eigenvalue weighted by molar-refractivity contribution is 5.83. The van der Waals surface area contributed by atoms with Crippen LogP contribution >= 0.6 is 0 Å². The zero-order valence-corrected chi connectivity index (χ0v) is 17.6. The van der Waals surface area contributed by atoms with Crippen molar-refractivity contribution in [2.24, 2.45) is 11.8 Å². The van der Waals surface area contributed by atoms with Gasteiger partial charge in [0, 0.05) is 49.3 Å². The molecule has 6 nitrogen and oxygen atoms in total. The van der Waals surface area contributed by atoms with E-state index in [0.29, 0.717) is 12.1 Å². The largest absolute Gasteiger partial charge is 0.396 e. The van der Waals surface area contributed by atoms with Gasteiger partial charge in [-0.3, -0.25) is 14.9 Å². The van der Waals surface area contributed by atoms with Gasteiger partial charge in [-0.2, -0.15) is 0 Å². The van der Waals surface area contributed by atoms with Gasteiger partial charge in [-0.1, -0.05) is 36.4 Å². The first-order chi connectivity index (χ1) is 15.2. The third-order valence-electron chi connectivity index (χ3n) is 7.11. The molecular weight excluding hydrogens is 390 g/mol. The van der Waals surface area contributed by atoms with Gasteiger partial charge in [-0.15, -0.1) is 0 Å². The number of amides is 1. The standard InChI is InChI=1S/C25H29N3O3/c29-16-20-19-15-28-21(22(19)26-23(20)25(31)27-13-5-2-6-14-27)12-11-18(24(28)30)10-9-17-7-3-1-4-8-17/h1,3-4,7-12,19-20,22-23,26,29H,2,5-6,13-16H2/b10-9+/t19-,20-,22+,23-/m0/s1. The van der Waals surface area contributed by atoms with Crippen molar-refractivity contribution in [1.29, 1.82) is 0 Å². The Balaban J connectivity index is 1.39.